The minimum Gasteiger partial charge on any atom is -0.362 e. The standard InChI is InChI=1S/C5H5ClN2O3S/c1-12(9,10)11-4-2-3-7-5(6)8-4/h2-3H,1H3. The highest BCUT2D eigenvalue weighted by Crippen LogP contribution is 2.09. The van der Waals surface area contributed by atoms with Crippen LogP contribution in [0.4, 0.5) is 0 Å². The van der Waals surface area contributed by atoms with Crippen LogP contribution in [-0.4, -0.2) is 24.6 Å². The Morgan fingerprint density at radius 1 is 1.58 bits per heavy atom. The van der Waals surface area contributed by atoms with E-state index in [1.54, 1.807) is 0 Å². The van der Waals surface area contributed by atoms with Crippen LogP contribution in [0.3, 0.4) is 0 Å². The zero-order chi connectivity index (χ0) is 9.19. The smallest absolute Gasteiger partial charge is 0.307 e. The van der Waals surface area contributed by atoms with E-state index in [2.05, 4.69) is 14.2 Å². The summed E-state index contributed by atoms with van der Waals surface area (Å²) in [5.41, 5.74) is 0. The molecule has 1 heterocycles. The fraction of sp³-hybridized carbons (Fsp3) is 0.200. The molecule has 0 aliphatic rings. The molecule has 0 amide bonds. The van der Waals surface area contributed by atoms with Gasteiger partial charge in [-0.1, -0.05) is 0 Å². The van der Waals surface area contributed by atoms with Gasteiger partial charge in [-0.2, -0.15) is 13.4 Å². The maximum atomic E-state index is 10.6. The van der Waals surface area contributed by atoms with Gasteiger partial charge in [0.1, 0.15) is 0 Å². The molecule has 66 valence electrons. The van der Waals surface area contributed by atoms with Crippen LogP contribution in [0.5, 0.6) is 5.88 Å². The highest BCUT2D eigenvalue weighted by atomic mass is 35.5. The van der Waals surface area contributed by atoms with Crippen molar-refractivity contribution in [2.75, 3.05) is 6.26 Å². The first-order chi connectivity index (χ1) is 5.47. The molecule has 0 saturated heterocycles. The lowest BCUT2D eigenvalue weighted by atomic mass is 10.6. The van der Waals surface area contributed by atoms with Crippen molar-refractivity contribution in [2.45, 2.75) is 0 Å². The Bertz CT molecular complexity index is 378. The van der Waals surface area contributed by atoms with E-state index < -0.39 is 10.1 Å². The Labute approximate surface area is 74.5 Å². The van der Waals surface area contributed by atoms with E-state index in [-0.39, 0.29) is 11.2 Å². The minimum absolute atomic E-state index is 0.0591. The van der Waals surface area contributed by atoms with Crippen LogP contribution in [0.25, 0.3) is 0 Å². The van der Waals surface area contributed by atoms with Gasteiger partial charge in [-0.3, -0.25) is 0 Å². The maximum absolute atomic E-state index is 10.6. The van der Waals surface area contributed by atoms with E-state index in [4.69, 9.17) is 11.6 Å². The first-order valence-corrected chi connectivity index (χ1v) is 5.05. The molecule has 1 aromatic rings. The van der Waals surface area contributed by atoms with Gasteiger partial charge in [-0.15, -0.1) is 0 Å². The van der Waals surface area contributed by atoms with Crippen LogP contribution < -0.4 is 4.18 Å². The first-order valence-electron chi connectivity index (χ1n) is 2.85. The third kappa shape index (κ3) is 3.02. The average molecular weight is 209 g/mol. The predicted molar refractivity (Wildman–Crippen MR) is 42.5 cm³/mol. The molecular weight excluding hydrogens is 204 g/mol. The second-order valence-corrected chi connectivity index (χ2v) is 3.86. The molecule has 5 nitrogen and oxygen atoms in total. The molecule has 1 rings (SSSR count). The van der Waals surface area contributed by atoms with Crippen molar-refractivity contribution in [1.82, 2.24) is 9.97 Å². The van der Waals surface area contributed by atoms with Gasteiger partial charge < -0.3 is 4.18 Å². The normalized spacial score (nSPS) is 11.2. The molecule has 0 aliphatic carbocycles. The van der Waals surface area contributed by atoms with Crippen LogP contribution >= 0.6 is 11.6 Å². The second-order valence-electron chi connectivity index (χ2n) is 1.95. The summed E-state index contributed by atoms with van der Waals surface area (Å²) in [6, 6.07) is 1.30. The first kappa shape index (κ1) is 9.21. The van der Waals surface area contributed by atoms with Crippen molar-refractivity contribution in [3.8, 4) is 5.88 Å². The van der Waals surface area contributed by atoms with Gasteiger partial charge in [-0.05, 0) is 11.6 Å². The van der Waals surface area contributed by atoms with Crippen molar-refractivity contribution < 1.29 is 12.6 Å². The molecule has 0 bridgehead atoms. The lowest BCUT2D eigenvalue weighted by Gasteiger charge is -1.99. The van der Waals surface area contributed by atoms with Crippen molar-refractivity contribution in [3.63, 3.8) is 0 Å². The van der Waals surface area contributed by atoms with Gasteiger partial charge in [-0.25, -0.2) is 4.98 Å². The Morgan fingerprint density at radius 2 is 2.25 bits per heavy atom. The largest absolute Gasteiger partial charge is 0.362 e. The SMILES string of the molecule is CS(=O)(=O)Oc1ccnc(Cl)n1. The van der Waals surface area contributed by atoms with Gasteiger partial charge in [0.05, 0.1) is 6.26 Å². The zero-order valence-corrected chi connectivity index (χ0v) is 7.63. The fourth-order valence-corrected chi connectivity index (χ4v) is 1.06. The molecule has 0 spiro atoms. The second kappa shape index (κ2) is 3.24. The zero-order valence-electron chi connectivity index (χ0n) is 6.06. The molecule has 0 radical (unpaired) electrons. The van der Waals surface area contributed by atoms with Crippen molar-refractivity contribution >= 4 is 21.7 Å². The van der Waals surface area contributed by atoms with E-state index in [1.807, 2.05) is 0 Å². The summed E-state index contributed by atoms with van der Waals surface area (Å²) in [7, 11) is -3.54. The van der Waals surface area contributed by atoms with Gasteiger partial charge in [0.2, 0.25) is 11.2 Å². The molecule has 1 aromatic heterocycles. The lowest BCUT2D eigenvalue weighted by molar-refractivity contribution is 0.482. The summed E-state index contributed by atoms with van der Waals surface area (Å²) >= 11 is 5.38. The van der Waals surface area contributed by atoms with Gasteiger partial charge >= 0.3 is 10.1 Å². The predicted octanol–water partition coefficient (Wildman–Crippen LogP) is 0.468. The van der Waals surface area contributed by atoms with E-state index in [1.165, 1.54) is 12.3 Å². The topological polar surface area (TPSA) is 69.2 Å². The lowest BCUT2D eigenvalue weighted by Crippen LogP contribution is -2.07. The molecule has 7 heteroatoms. The molecule has 0 N–H and O–H groups in total. The summed E-state index contributed by atoms with van der Waals surface area (Å²) < 4.78 is 25.6. The van der Waals surface area contributed by atoms with Crippen molar-refractivity contribution in [2.24, 2.45) is 0 Å². The third-order valence-electron chi connectivity index (χ3n) is 0.837. The monoisotopic (exact) mass is 208 g/mol. The Balaban J connectivity index is 2.91. The fourth-order valence-electron chi connectivity index (χ4n) is 0.521. The van der Waals surface area contributed by atoms with Crippen LogP contribution in [-0.2, 0) is 10.1 Å². The van der Waals surface area contributed by atoms with Gasteiger partial charge in [0.25, 0.3) is 0 Å². The summed E-state index contributed by atoms with van der Waals surface area (Å²) in [6.45, 7) is 0. The highest BCUT2D eigenvalue weighted by molar-refractivity contribution is 7.86. The quantitative estimate of drug-likeness (QED) is 0.522. The molecule has 0 unspecified atom stereocenters. The van der Waals surface area contributed by atoms with E-state index in [9.17, 15) is 8.42 Å². The number of hydrogen-bond donors (Lipinski definition) is 0. The number of nitrogens with zero attached hydrogens (tertiary/aromatic N) is 2. The minimum atomic E-state index is -3.54. The van der Waals surface area contributed by atoms with Crippen LogP contribution in [0, 0.1) is 0 Å². The van der Waals surface area contributed by atoms with Crippen molar-refractivity contribution in [3.05, 3.63) is 17.5 Å². The summed E-state index contributed by atoms with van der Waals surface area (Å²) in [4.78, 5) is 7.06. The van der Waals surface area contributed by atoms with E-state index >= 15 is 0 Å². The van der Waals surface area contributed by atoms with Gasteiger partial charge in [0, 0.05) is 12.3 Å². The molecule has 12 heavy (non-hydrogen) atoms. The van der Waals surface area contributed by atoms with E-state index in [0.29, 0.717) is 0 Å². The molecule has 0 atom stereocenters. The summed E-state index contributed by atoms with van der Waals surface area (Å²) in [5, 5.41) is -0.0591. The van der Waals surface area contributed by atoms with Crippen molar-refractivity contribution in [1.29, 1.82) is 0 Å². The Kier molecular flexibility index (Phi) is 2.49. The number of hydrogen-bond acceptors (Lipinski definition) is 5. The third-order valence-corrected chi connectivity index (χ3v) is 1.49. The van der Waals surface area contributed by atoms with Crippen LogP contribution in [0.15, 0.2) is 12.3 Å². The number of aromatic nitrogens is 2. The summed E-state index contributed by atoms with van der Waals surface area (Å²) in [6.07, 6.45) is 2.22. The highest BCUT2D eigenvalue weighted by Gasteiger charge is 2.05. The molecule has 0 fully saturated rings. The summed E-state index contributed by atoms with van der Waals surface area (Å²) in [5.74, 6) is -0.0856. The van der Waals surface area contributed by atoms with Gasteiger partial charge in [0.15, 0.2) is 0 Å². The van der Waals surface area contributed by atoms with Crippen LogP contribution in [0.2, 0.25) is 5.28 Å². The number of halogens is 1. The molecule has 0 aliphatic heterocycles. The van der Waals surface area contributed by atoms with E-state index in [0.717, 1.165) is 6.26 Å². The Morgan fingerprint density at radius 3 is 2.75 bits per heavy atom. The molecule has 0 saturated carbocycles. The number of rotatable bonds is 2. The Hall–Kier alpha value is -0.880. The van der Waals surface area contributed by atoms with Crippen LogP contribution in [0.1, 0.15) is 0 Å². The molecule has 0 aromatic carbocycles. The molecular formula is C5H5ClN2O3S. The maximum Gasteiger partial charge on any atom is 0.307 e. The average Bonchev–Trinajstić information content (AvgIpc) is 1.82.